The van der Waals surface area contributed by atoms with Crippen LogP contribution in [0.3, 0.4) is 0 Å². The molecule has 2 N–H and O–H groups in total. The van der Waals surface area contributed by atoms with Crippen LogP contribution in [0.5, 0.6) is 0 Å². The van der Waals surface area contributed by atoms with Crippen molar-refractivity contribution in [3.05, 3.63) is 11.9 Å². The third-order valence-electron chi connectivity index (χ3n) is 2.33. The van der Waals surface area contributed by atoms with Crippen LogP contribution in [0, 0.1) is 0 Å². The molecule has 0 saturated heterocycles. The van der Waals surface area contributed by atoms with Crippen molar-refractivity contribution in [1.29, 1.82) is 0 Å². The van der Waals surface area contributed by atoms with Gasteiger partial charge in [0.2, 0.25) is 0 Å². The van der Waals surface area contributed by atoms with Crippen LogP contribution in [0.2, 0.25) is 0 Å². The molecule has 0 bridgehead atoms. The second kappa shape index (κ2) is 6.53. The molecule has 86 valence electrons. The van der Waals surface area contributed by atoms with Gasteiger partial charge in [0.15, 0.2) is 0 Å². The number of hydrogen-bond donors (Lipinski definition) is 1. The summed E-state index contributed by atoms with van der Waals surface area (Å²) in [6.07, 6.45) is 4.67. The lowest BCUT2D eigenvalue weighted by molar-refractivity contribution is 0.190. The van der Waals surface area contributed by atoms with Gasteiger partial charge in [0.1, 0.15) is 0 Å². The third-order valence-corrected chi connectivity index (χ3v) is 2.33. The summed E-state index contributed by atoms with van der Waals surface area (Å²) in [6.45, 7) is 3.75. The van der Waals surface area contributed by atoms with Crippen LogP contribution in [-0.2, 0) is 11.3 Å². The molecule has 15 heavy (non-hydrogen) atoms. The summed E-state index contributed by atoms with van der Waals surface area (Å²) in [5.74, 6) is 0. The lowest BCUT2D eigenvalue weighted by atomic mass is 10.1. The smallest absolute Gasteiger partial charge is 0.0754 e. The van der Waals surface area contributed by atoms with Gasteiger partial charge >= 0.3 is 0 Å². The van der Waals surface area contributed by atoms with Crippen molar-refractivity contribution in [3.63, 3.8) is 0 Å². The fourth-order valence-electron chi connectivity index (χ4n) is 1.53. The molecule has 0 radical (unpaired) electrons. The van der Waals surface area contributed by atoms with E-state index in [9.17, 15) is 0 Å². The van der Waals surface area contributed by atoms with Crippen LogP contribution in [-0.4, -0.2) is 28.7 Å². The maximum absolute atomic E-state index is 6.05. The van der Waals surface area contributed by atoms with E-state index in [1.54, 1.807) is 13.3 Å². The Kier molecular flexibility index (Phi) is 5.28. The lowest BCUT2D eigenvalue weighted by Gasteiger charge is -2.12. The molecule has 0 fully saturated rings. The van der Waals surface area contributed by atoms with Gasteiger partial charge < -0.3 is 10.5 Å². The summed E-state index contributed by atoms with van der Waals surface area (Å²) < 4.78 is 6.88. The van der Waals surface area contributed by atoms with Gasteiger partial charge in [-0.3, -0.25) is 0 Å². The van der Waals surface area contributed by atoms with E-state index >= 15 is 0 Å². The molecular weight excluding hydrogens is 192 g/mol. The highest BCUT2D eigenvalue weighted by molar-refractivity contribution is 5.00. The molecule has 0 aliphatic carbocycles. The predicted octanol–water partition coefficient (Wildman–Crippen LogP) is 1.11. The largest absolute Gasteiger partial charge is 0.385 e. The van der Waals surface area contributed by atoms with E-state index in [1.807, 2.05) is 4.68 Å². The summed E-state index contributed by atoms with van der Waals surface area (Å²) >= 11 is 0. The van der Waals surface area contributed by atoms with E-state index in [0.29, 0.717) is 0 Å². The fraction of sp³-hybridized carbons (Fsp3) is 0.800. The Morgan fingerprint density at radius 3 is 3.07 bits per heavy atom. The Hall–Kier alpha value is -0.940. The molecule has 5 nitrogen and oxygen atoms in total. The molecule has 1 unspecified atom stereocenters. The first-order valence-corrected chi connectivity index (χ1v) is 5.42. The normalized spacial score (nSPS) is 13.0. The number of hydrogen-bond acceptors (Lipinski definition) is 4. The zero-order chi connectivity index (χ0) is 11.1. The average Bonchev–Trinajstić information content (AvgIpc) is 2.67. The molecule has 1 rings (SSSR count). The minimum atomic E-state index is 0.0155. The molecule has 0 saturated carbocycles. The summed E-state index contributed by atoms with van der Waals surface area (Å²) in [5, 5.41) is 7.90. The zero-order valence-electron chi connectivity index (χ0n) is 9.52. The second-order valence-electron chi connectivity index (χ2n) is 3.62. The van der Waals surface area contributed by atoms with Crippen molar-refractivity contribution in [2.75, 3.05) is 13.7 Å². The number of aromatic nitrogens is 3. The minimum absolute atomic E-state index is 0.0155. The quantitative estimate of drug-likeness (QED) is 0.688. The van der Waals surface area contributed by atoms with Crippen LogP contribution < -0.4 is 5.73 Å². The second-order valence-corrected chi connectivity index (χ2v) is 3.62. The topological polar surface area (TPSA) is 66.0 Å². The van der Waals surface area contributed by atoms with Gasteiger partial charge in [-0.25, -0.2) is 4.68 Å². The predicted molar refractivity (Wildman–Crippen MR) is 58.4 cm³/mol. The fourth-order valence-corrected chi connectivity index (χ4v) is 1.53. The molecule has 1 heterocycles. The van der Waals surface area contributed by atoms with E-state index in [-0.39, 0.29) is 6.04 Å². The van der Waals surface area contributed by atoms with Crippen molar-refractivity contribution in [3.8, 4) is 0 Å². The number of nitrogens with zero attached hydrogens (tertiary/aromatic N) is 3. The summed E-state index contributed by atoms with van der Waals surface area (Å²) in [4.78, 5) is 0. The van der Waals surface area contributed by atoms with Gasteiger partial charge in [-0.05, 0) is 19.3 Å². The van der Waals surface area contributed by atoms with Gasteiger partial charge in [-0.2, -0.15) is 0 Å². The van der Waals surface area contributed by atoms with Crippen molar-refractivity contribution >= 4 is 0 Å². The van der Waals surface area contributed by atoms with E-state index in [2.05, 4.69) is 17.2 Å². The molecule has 5 heteroatoms. The highest BCUT2D eigenvalue weighted by atomic mass is 16.5. The highest BCUT2D eigenvalue weighted by Gasteiger charge is 2.11. The number of methoxy groups -OCH3 is 1. The summed E-state index contributed by atoms with van der Waals surface area (Å²) in [5.41, 5.74) is 7.08. The van der Waals surface area contributed by atoms with E-state index < -0.39 is 0 Å². The molecule has 0 aliphatic heterocycles. The monoisotopic (exact) mass is 212 g/mol. The Bertz CT molecular complexity index is 274. The Morgan fingerprint density at radius 1 is 1.60 bits per heavy atom. The highest BCUT2D eigenvalue weighted by Crippen LogP contribution is 2.14. The Morgan fingerprint density at radius 2 is 2.40 bits per heavy atom. The van der Waals surface area contributed by atoms with Gasteiger partial charge in [0.05, 0.1) is 11.9 Å². The van der Waals surface area contributed by atoms with Crippen molar-refractivity contribution in [2.45, 2.75) is 38.8 Å². The van der Waals surface area contributed by atoms with Crippen molar-refractivity contribution < 1.29 is 4.74 Å². The van der Waals surface area contributed by atoms with Crippen LogP contribution in [0.4, 0.5) is 0 Å². The van der Waals surface area contributed by atoms with Crippen LogP contribution in [0.25, 0.3) is 0 Å². The van der Waals surface area contributed by atoms with Crippen LogP contribution >= 0.6 is 0 Å². The Labute approximate surface area is 90.6 Å². The first-order valence-electron chi connectivity index (χ1n) is 5.42. The first kappa shape index (κ1) is 12.1. The van der Waals surface area contributed by atoms with Crippen LogP contribution in [0.1, 0.15) is 37.9 Å². The first-order chi connectivity index (χ1) is 7.29. The maximum atomic E-state index is 6.05. The standard InChI is InChI=1S/C10H20N4O/c1-3-6-14-10(8-12-13-14)9(11)5-4-7-15-2/h8-9H,3-7,11H2,1-2H3. The van der Waals surface area contributed by atoms with Gasteiger partial charge in [0.25, 0.3) is 0 Å². The maximum Gasteiger partial charge on any atom is 0.0754 e. The summed E-state index contributed by atoms with van der Waals surface area (Å²) in [6, 6.07) is 0.0155. The number of aryl methyl sites for hydroxylation is 1. The molecule has 0 aromatic carbocycles. The van der Waals surface area contributed by atoms with Gasteiger partial charge in [0, 0.05) is 26.3 Å². The van der Waals surface area contributed by atoms with E-state index in [1.165, 1.54) is 0 Å². The zero-order valence-corrected chi connectivity index (χ0v) is 9.52. The molecule has 1 atom stereocenters. The molecule has 1 aromatic rings. The third kappa shape index (κ3) is 3.60. The Balaban J connectivity index is 2.48. The van der Waals surface area contributed by atoms with Crippen LogP contribution in [0.15, 0.2) is 6.20 Å². The molecular formula is C10H20N4O. The number of rotatable bonds is 7. The SMILES string of the molecule is CCCn1nncc1C(N)CCCOC. The molecule has 0 aliphatic rings. The molecule has 0 spiro atoms. The molecule has 1 aromatic heterocycles. The molecule has 0 amide bonds. The van der Waals surface area contributed by atoms with E-state index in [0.717, 1.165) is 38.1 Å². The lowest BCUT2D eigenvalue weighted by Crippen LogP contribution is -2.17. The number of nitrogens with two attached hydrogens (primary N) is 1. The average molecular weight is 212 g/mol. The van der Waals surface area contributed by atoms with Gasteiger partial charge in [-0.1, -0.05) is 12.1 Å². The van der Waals surface area contributed by atoms with Crippen molar-refractivity contribution in [1.82, 2.24) is 15.0 Å². The van der Waals surface area contributed by atoms with E-state index in [4.69, 9.17) is 10.5 Å². The number of ether oxygens (including phenoxy) is 1. The van der Waals surface area contributed by atoms with Gasteiger partial charge in [-0.15, -0.1) is 5.10 Å². The van der Waals surface area contributed by atoms with Crippen molar-refractivity contribution in [2.24, 2.45) is 5.73 Å². The minimum Gasteiger partial charge on any atom is -0.385 e. The summed E-state index contributed by atoms with van der Waals surface area (Å²) in [7, 11) is 1.70.